The van der Waals surface area contributed by atoms with Crippen molar-refractivity contribution >= 4 is 23.4 Å². The summed E-state index contributed by atoms with van der Waals surface area (Å²) in [5.74, 6) is 0.383. The molecule has 0 bridgehead atoms. The monoisotopic (exact) mass is 762 g/mol. The van der Waals surface area contributed by atoms with Gasteiger partial charge in [-0.1, -0.05) is 24.3 Å². The molecule has 2 fully saturated rings. The van der Waals surface area contributed by atoms with Gasteiger partial charge in [0.25, 0.3) is 5.91 Å². The number of carbonyl (C=O) groups is 3. The summed E-state index contributed by atoms with van der Waals surface area (Å²) in [6.07, 6.45) is 3.72. The van der Waals surface area contributed by atoms with Gasteiger partial charge in [0, 0.05) is 73.9 Å². The number of phenols is 1. The molecule has 292 valence electrons. The zero-order chi connectivity index (χ0) is 38.8. The van der Waals surface area contributed by atoms with E-state index in [4.69, 9.17) is 14.2 Å². The normalized spacial score (nSPS) is 21.0. The lowest BCUT2D eigenvalue weighted by Crippen LogP contribution is -2.52. The van der Waals surface area contributed by atoms with Crippen LogP contribution in [-0.4, -0.2) is 91.7 Å². The molecule has 8 rings (SSSR count). The minimum atomic E-state index is -0.604. The van der Waals surface area contributed by atoms with Gasteiger partial charge in [-0.3, -0.25) is 24.6 Å². The van der Waals surface area contributed by atoms with Gasteiger partial charge in [-0.25, -0.2) is 4.39 Å². The number of imide groups is 1. The first-order valence-corrected chi connectivity index (χ1v) is 19.5. The summed E-state index contributed by atoms with van der Waals surface area (Å²) in [6, 6.07) is 23.7. The van der Waals surface area contributed by atoms with Gasteiger partial charge < -0.3 is 29.1 Å². The zero-order valence-corrected chi connectivity index (χ0v) is 31.5. The highest BCUT2D eigenvalue weighted by Crippen LogP contribution is 2.47. The third-order valence-electron chi connectivity index (χ3n) is 11.6. The molecule has 11 nitrogen and oxygen atoms in total. The Balaban J connectivity index is 0.788. The van der Waals surface area contributed by atoms with E-state index in [0.29, 0.717) is 37.5 Å². The highest BCUT2D eigenvalue weighted by Gasteiger charge is 2.39. The van der Waals surface area contributed by atoms with Crippen molar-refractivity contribution in [3.63, 3.8) is 0 Å². The van der Waals surface area contributed by atoms with Gasteiger partial charge in [0.05, 0.1) is 20.3 Å². The van der Waals surface area contributed by atoms with Crippen molar-refractivity contribution in [3.8, 4) is 23.0 Å². The van der Waals surface area contributed by atoms with Gasteiger partial charge in [0.15, 0.2) is 11.6 Å². The second kappa shape index (κ2) is 16.2. The number of piperidine rings is 1. The molecule has 0 spiro atoms. The predicted molar refractivity (Wildman–Crippen MR) is 208 cm³/mol. The molecule has 4 aliphatic heterocycles. The van der Waals surface area contributed by atoms with Gasteiger partial charge in [-0.05, 0) is 97.4 Å². The third-order valence-corrected chi connectivity index (χ3v) is 11.6. The number of rotatable bonds is 12. The number of nitrogens with one attached hydrogen (secondary N) is 1. The smallest absolute Gasteiger partial charge is 0.255 e. The minimum Gasteiger partial charge on any atom is -0.508 e. The second-order valence-corrected chi connectivity index (χ2v) is 15.1. The number of halogens is 1. The van der Waals surface area contributed by atoms with Crippen LogP contribution in [0, 0.1) is 5.82 Å². The molecule has 4 aliphatic rings. The van der Waals surface area contributed by atoms with Crippen LogP contribution in [-0.2, 0) is 16.1 Å². The molecule has 0 radical (unpaired) electrons. The van der Waals surface area contributed by atoms with Crippen LogP contribution >= 0.6 is 0 Å². The number of phenolic OH excluding ortho intramolecular Hbond substituents is 1. The number of aromatic hydroxyl groups is 1. The summed E-state index contributed by atoms with van der Waals surface area (Å²) in [7, 11) is 1.46. The summed E-state index contributed by atoms with van der Waals surface area (Å²) >= 11 is 0. The molecule has 0 saturated carbocycles. The van der Waals surface area contributed by atoms with E-state index in [2.05, 4.69) is 33.3 Å². The topological polar surface area (TPSA) is 121 Å². The average molecular weight is 763 g/mol. The first-order chi connectivity index (χ1) is 27.2. The van der Waals surface area contributed by atoms with E-state index in [1.165, 1.54) is 13.2 Å². The first-order valence-electron chi connectivity index (χ1n) is 19.5. The fourth-order valence-corrected chi connectivity index (χ4v) is 8.57. The number of benzene rings is 4. The lowest BCUT2D eigenvalue weighted by Gasteiger charge is -2.36. The number of hydrogen-bond acceptors (Lipinski definition) is 9. The van der Waals surface area contributed by atoms with Crippen molar-refractivity contribution in [3.05, 3.63) is 112 Å². The lowest BCUT2D eigenvalue weighted by molar-refractivity contribution is -0.136. The summed E-state index contributed by atoms with van der Waals surface area (Å²) in [6.45, 7) is 6.17. The molecule has 4 aromatic rings. The maximum Gasteiger partial charge on any atom is 0.255 e. The Labute approximate surface area is 325 Å². The van der Waals surface area contributed by atoms with Crippen LogP contribution in [0.1, 0.15) is 76.6 Å². The van der Waals surface area contributed by atoms with Crippen molar-refractivity contribution in [2.75, 3.05) is 57.9 Å². The van der Waals surface area contributed by atoms with Gasteiger partial charge in [0.2, 0.25) is 11.8 Å². The van der Waals surface area contributed by atoms with Gasteiger partial charge in [-0.15, -0.1) is 0 Å². The predicted octanol–water partition coefficient (Wildman–Crippen LogP) is 5.98. The Hall–Kier alpha value is -5.62. The molecule has 4 aromatic carbocycles. The van der Waals surface area contributed by atoms with Crippen LogP contribution in [0.2, 0.25) is 0 Å². The maximum atomic E-state index is 14.3. The number of nitrogens with zero attached hydrogens (tertiary/aromatic N) is 3. The summed E-state index contributed by atoms with van der Waals surface area (Å²) in [5, 5.41) is 12.5. The number of carbonyl (C=O) groups excluding carboxylic acids is 3. The Morgan fingerprint density at radius 3 is 2.48 bits per heavy atom. The molecule has 12 heteroatoms. The first kappa shape index (κ1) is 37.3. The van der Waals surface area contributed by atoms with E-state index in [-0.39, 0.29) is 47.5 Å². The Kier molecular flexibility index (Phi) is 10.8. The SMILES string of the molecule is COc1cc([C@H]2COc3cc(O)ccc3[C@H]2c2ccc(OCCCCCN3CCN(c4ccc5c(c4)CN(C4CCC(=O)NC4=O)C5=O)CC3)cc2)ccc1F. The minimum absolute atomic E-state index is 0.0812. The van der Waals surface area contributed by atoms with Gasteiger partial charge >= 0.3 is 0 Å². The molecule has 0 aliphatic carbocycles. The molecule has 1 unspecified atom stereocenters. The number of hydrogen-bond donors (Lipinski definition) is 2. The highest BCUT2D eigenvalue weighted by atomic mass is 19.1. The highest BCUT2D eigenvalue weighted by molar-refractivity contribution is 6.05. The Bertz CT molecular complexity index is 2100. The number of anilines is 1. The molecule has 3 atom stereocenters. The van der Waals surface area contributed by atoms with Crippen LogP contribution < -0.4 is 24.4 Å². The number of piperazine rings is 1. The second-order valence-electron chi connectivity index (χ2n) is 15.1. The van der Waals surface area contributed by atoms with Crippen LogP contribution in [0.4, 0.5) is 10.1 Å². The fourth-order valence-electron chi connectivity index (χ4n) is 8.57. The standard InChI is InChI=1S/C44H47FN4O7/c1-54-40-24-29(7-14-37(40)45)36-27-56-39-25-32(50)9-13-35(39)42(36)28-5-10-33(11-6-28)55-22-4-2-3-17-47-18-20-48(21-19-47)31-8-12-34-30(23-31)26-49(44(34)53)38-15-16-41(51)46-43(38)52/h5-14,23-25,36,38,42,50H,2-4,15-22,26-27H2,1H3,(H,46,51,52)/t36-,38?,42-/m1/s1. The molecule has 0 aromatic heterocycles. The van der Waals surface area contributed by atoms with Crippen molar-refractivity contribution in [2.24, 2.45) is 0 Å². The van der Waals surface area contributed by atoms with Crippen LogP contribution in [0.5, 0.6) is 23.0 Å². The van der Waals surface area contributed by atoms with E-state index >= 15 is 0 Å². The number of ether oxygens (including phenoxy) is 3. The average Bonchev–Trinajstić information content (AvgIpc) is 3.54. The van der Waals surface area contributed by atoms with E-state index in [9.17, 15) is 23.9 Å². The summed E-state index contributed by atoms with van der Waals surface area (Å²) in [5.41, 5.74) is 5.61. The van der Waals surface area contributed by atoms with Crippen molar-refractivity contribution in [2.45, 2.75) is 56.5 Å². The number of unbranched alkanes of at least 4 members (excludes halogenated alkanes) is 2. The summed E-state index contributed by atoms with van der Waals surface area (Å²) in [4.78, 5) is 43.6. The third kappa shape index (κ3) is 7.75. The molecular formula is C44H47FN4O7. The van der Waals surface area contributed by atoms with Crippen molar-refractivity contribution < 1.29 is 38.1 Å². The van der Waals surface area contributed by atoms with E-state index in [1.54, 1.807) is 29.2 Å². The van der Waals surface area contributed by atoms with E-state index in [0.717, 1.165) is 85.7 Å². The van der Waals surface area contributed by atoms with Crippen molar-refractivity contribution in [1.29, 1.82) is 0 Å². The molecule has 3 amide bonds. The number of methoxy groups -OCH3 is 1. The zero-order valence-electron chi connectivity index (χ0n) is 31.5. The van der Waals surface area contributed by atoms with Gasteiger partial charge in [0.1, 0.15) is 23.3 Å². The molecule has 56 heavy (non-hydrogen) atoms. The molecule has 2 N–H and O–H groups in total. The van der Waals surface area contributed by atoms with Crippen LogP contribution in [0.3, 0.4) is 0 Å². The Morgan fingerprint density at radius 1 is 0.893 bits per heavy atom. The number of amides is 3. The largest absolute Gasteiger partial charge is 0.508 e. The quantitative estimate of drug-likeness (QED) is 0.133. The molecule has 2 saturated heterocycles. The molecular weight excluding hydrogens is 716 g/mol. The summed E-state index contributed by atoms with van der Waals surface area (Å²) < 4.78 is 31.8. The van der Waals surface area contributed by atoms with Crippen LogP contribution in [0.15, 0.2) is 78.9 Å². The number of fused-ring (bicyclic) bond motifs is 2. The lowest BCUT2D eigenvalue weighted by atomic mass is 9.76. The van der Waals surface area contributed by atoms with Gasteiger partial charge in [-0.2, -0.15) is 0 Å². The van der Waals surface area contributed by atoms with Crippen molar-refractivity contribution in [1.82, 2.24) is 15.1 Å². The Morgan fingerprint density at radius 2 is 1.70 bits per heavy atom. The molecule has 4 heterocycles. The van der Waals surface area contributed by atoms with E-state index < -0.39 is 11.9 Å². The van der Waals surface area contributed by atoms with E-state index in [1.807, 2.05) is 30.3 Å². The maximum absolute atomic E-state index is 14.3. The van der Waals surface area contributed by atoms with Crippen LogP contribution in [0.25, 0.3) is 0 Å². The fraction of sp³-hybridized carbons (Fsp3) is 0.386.